The van der Waals surface area contributed by atoms with Crippen LogP contribution in [0.4, 0.5) is 5.69 Å². The van der Waals surface area contributed by atoms with Gasteiger partial charge in [-0.1, -0.05) is 32.9 Å². The summed E-state index contributed by atoms with van der Waals surface area (Å²) in [5, 5.41) is 21.9. The summed E-state index contributed by atoms with van der Waals surface area (Å²) >= 11 is 5.00. The Hall–Kier alpha value is -3.33. The fourth-order valence-corrected chi connectivity index (χ4v) is 2.59. The molecule has 28 heavy (non-hydrogen) atoms. The largest absolute Gasteiger partial charge is 0.450 e. The van der Waals surface area contributed by atoms with E-state index in [-0.39, 0.29) is 16.9 Å². The molecule has 0 unspecified atom stereocenters. The monoisotopic (exact) mass is 397 g/mol. The van der Waals surface area contributed by atoms with E-state index >= 15 is 0 Å². The van der Waals surface area contributed by atoms with Gasteiger partial charge in [0.2, 0.25) is 10.5 Å². The molecule has 1 aromatic heterocycles. The molecule has 144 valence electrons. The average molecular weight is 397 g/mol. The van der Waals surface area contributed by atoms with E-state index in [2.05, 4.69) is 36.1 Å². The third-order valence-electron chi connectivity index (χ3n) is 3.99. The Kier molecular flexibility index (Phi) is 5.36. The fourth-order valence-electron chi connectivity index (χ4n) is 2.45. The molecule has 0 aliphatic heterocycles. The summed E-state index contributed by atoms with van der Waals surface area (Å²) < 4.78 is 7.41. The Balaban J connectivity index is 1.85. The minimum atomic E-state index is -0.486. The molecule has 1 heterocycles. The molecule has 3 aromatic rings. The highest BCUT2D eigenvalue weighted by Crippen LogP contribution is 2.33. The molecule has 0 spiro atoms. The molecule has 0 saturated carbocycles. The zero-order valence-electron chi connectivity index (χ0n) is 15.6. The number of hydrogen-bond donors (Lipinski definition) is 1. The van der Waals surface area contributed by atoms with Gasteiger partial charge in [-0.05, 0) is 47.5 Å². The second-order valence-corrected chi connectivity index (χ2v) is 7.50. The zero-order valence-corrected chi connectivity index (χ0v) is 16.4. The average Bonchev–Trinajstić information content (AvgIpc) is 3.05. The van der Waals surface area contributed by atoms with Crippen LogP contribution >= 0.6 is 12.2 Å². The van der Waals surface area contributed by atoms with E-state index in [1.807, 2.05) is 12.1 Å². The summed E-state index contributed by atoms with van der Waals surface area (Å²) in [4.78, 5) is 11.0. The SMILES string of the molecule is CC(C)(C)c1ccc(Oc2ccc(/C=N\n3cn[nH]c3=S)cc2[N+](=O)[O-])cc1. The van der Waals surface area contributed by atoms with Crippen LogP contribution in [0.5, 0.6) is 11.5 Å². The molecule has 0 saturated heterocycles. The Bertz CT molecular complexity index is 1080. The fraction of sp³-hybridized carbons (Fsp3) is 0.211. The molecule has 0 bridgehead atoms. The van der Waals surface area contributed by atoms with Crippen molar-refractivity contribution in [1.82, 2.24) is 14.9 Å². The molecule has 9 heteroatoms. The quantitative estimate of drug-likeness (QED) is 0.288. The number of benzene rings is 2. The van der Waals surface area contributed by atoms with Crippen molar-refractivity contribution in [2.24, 2.45) is 5.10 Å². The highest BCUT2D eigenvalue weighted by Gasteiger charge is 2.17. The second kappa shape index (κ2) is 7.73. The summed E-state index contributed by atoms with van der Waals surface area (Å²) in [5.41, 5.74) is 1.55. The highest BCUT2D eigenvalue weighted by atomic mass is 32.1. The molecule has 0 radical (unpaired) electrons. The number of aromatic nitrogens is 3. The highest BCUT2D eigenvalue weighted by molar-refractivity contribution is 7.71. The predicted octanol–water partition coefficient (Wildman–Crippen LogP) is 4.82. The molecular weight excluding hydrogens is 378 g/mol. The van der Waals surface area contributed by atoms with Crippen molar-refractivity contribution in [1.29, 1.82) is 0 Å². The molecule has 0 aliphatic rings. The van der Waals surface area contributed by atoms with Crippen molar-refractivity contribution in [3.8, 4) is 11.5 Å². The first-order valence-electron chi connectivity index (χ1n) is 8.47. The van der Waals surface area contributed by atoms with Gasteiger partial charge in [0.25, 0.3) is 0 Å². The summed E-state index contributed by atoms with van der Waals surface area (Å²) in [6.07, 6.45) is 2.87. The third-order valence-corrected chi connectivity index (χ3v) is 4.27. The van der Waals surface area contributed by atoms with Crippen LogP contribution in [0.15, 0.2) is 53.9 Å². The molecule has 8 nitrogen and oxygen atoms in total. The minimum Gasteiger partial charge on any atom is -0.450 e. The summed E-state index contributed by atoms with van der Waals surface area (Å²) in [5.74, 6) is 0.688. The molecule has 0 atom stereocenters. The lowest BCUT2D eigenvalue weighted by Crippen LogP contribution is -2.10. The van der Waals surface area contributed by atoms with Crippen molar-refractivity contribution in [3.05, 3.63) is 74.8 Å². The van der Waals surface area contributed by atoms with Gasteiger partial charge in [0.15, 0.2) is 0 Å². The van der Waals surface area contributed by atoms with Crippen LogP contribution in [0.2, 0.25) is 0 Å². The maximum atomic E-state index is 11.5. The minimum absolute atomic E-state index is 0.0173. The summed E-state index contributed by atoms with van der Waals surface area (Å²) in [6, 6.07) is 12.1. The second-order valence-electron chi connectivity index (χ2n) is 7.11. The molecule has 1 N–H and O–H groups in total. The lowest BCUT2D eigenvalue weighted by molar-refractivity contribution is -0.385. The van der Waals surface area contributed by atoms with Crippen LogP contribution < -0.4 is 4.74 Å². The lowest BCUT2D eigenvalue weighted by atomic mass is 9.87. The summed E-state index contributed by atoms with van der Waals surface area (Å²) in [6.45, 7) is 6.35. The number of H-pyrrole nitrogens is 1. The normalized spacial score (nSPS) is 11.7. The summed E-state index contributed by atoms with van der Waals surface area (Å²) in [7, 11) is 0. The van der Waals surface area contributed by atoms with Gasteiger partial charge in [-0.25, -0.2) is 0 Å². The smallest absolute Gasteiger partial charge is 0.312 e. The molecule has 0 aliphatic carbocycles. The van der Waals surface area contributed by atoms with Gasteiger partial charge in [0.05, 0.1) is 11.1 Å². The van der Waals surface area contributed by atoms with Crippen molar-refractivity contribution in [3.63, 3.8) is 0 Å². The number of nitrogens with one attached hydrogen (secondary N) is 1. The maximum Gasteiger partial charge on any atom is 0.312 e. The van der Waals surface area contributed by atoms with E-state index in [0.717, 1.165) is 5.56 Å². The number of nitro groups is 1. The van der Waals surface area contributed by atoms with Gasteiger partial charge in [-0.15, -0.1) is 0 Å². The molecule has 0 amide bonds. The van der Waals surface area contributed by atoms with Crippen LogP contribution in [-0.4, -0.2) is 26.0 Å². The van der Waals surface area contributed by atoms with Crippen molar-refractivity contribution in [2.75, 3.05) is 0 Å². The lowest BCUT2D eigenvalue weighted by Gasteiger charge is -2.19. The van der Waals surface area contributed by atoms with Crippen LogP contribution in [0.3, 0.4) is 0 Å². The topological polar surface area (TPSA) is 98.3 Å². The Morgan fingerprint density at radius 1 is 1.25 bits per heavy atom. The number of ether oxygens (including phenoxy) is 1. The van der Waals surface area contributed by atoms with Crippen LogP contribution in [0.1, 0.15) is 31.9 Å². The standard InChI is InChI=1S/C19H19N5O3S/c1-19(2,3)14-5-7-15(8-6-14)27-17-9-4-13(10-16(17)24(25)26)11-21-23-12-20-22-18(23)28/h4-12H,1-3H3,(H,22,28)/b21-11-. The number of nitro benzene ring substituents is 1. The number of hydrogen-bond acceptors (Lipinski definition) is 6. The number of aromatic amines is 1. The predicted molar refractivity (Wildman–Crippen MR) is 109 cm³/mol. The first-order valence-corrected chi connectivity index (χ1v) is 8.88. The molecule has 2 aromatic carbocycles. The number of rotatable bonds is 5. The van der Waals surface area contributed by atoms with E-state index in [1.165, 1.54) is 23.3 Å². The Morgan fingerprint density at radius 2 is 1.96 bits per heavy atom. The van der Waals surface area contributed by atoms with Gasteiger partial charge in [-0.2, -0.15) is 14.9 Å². The van der Waals surface area contributed by atoms with E-state index in [0.29, 0.717) is 16.1 Å². The van der Waals surface area contributed by atoms with Gasteiger partial charge in [0, 0.05) is 11.6 Å². The van der Waals surface area contributed by atoms with Gasteiger partial charge < -0.3 is 4.74 Å². The Labute approximate surface area is 166 Å². The van der Waals surface area contributed by atoms with Crippen molar-refractivity contribution in [2.45, 2.75) is 26.2 Å². The first kappa shape index (κ1) is 19.4. The number of nitrogens with zero attached hydrogens (tertiary/aromatic N) is 4. The van der Waals surface area contributed by atoms with Gasteiger partial charge in [0.1, 0.15) is 12.1 Å². The Morgan fingerprint density at radius 3 is 2.54 bits per heavy atom. The molecule has 3 rings (SSSR count). The van der Waals surface area contributed by atoms with Crippen LogP contribution in [0.25, 0.3) is 0 Å². The maximum absolute atomic E-state index is 11.5. The van der Waals surface area contributed by atoms with Crippen LogP contribution in [-0.2, 0) is 5.41 Å². The van der Waals surface area contributed by atoms with E-state index in [4.69, 9.17) is 17.0 Å². The zero-order chi connectivity index (χ0) is 20.3. The van der Waals surface area contributed by atoms with Crippen LogP contribution in [0, 0.1) is 14.9 Å². The third kappa shape index (κ3) is 4.49. The van der Waals surface area contributed by atoms with Crippen molar-refractivity contribution < 1.29 is 9.66 Å². The molecular formula is C19H19N5O3S. The first-order chi connectivity index (χ1) is 13.2. The van der Waals surface area contributed by atoms with E-state index < -0.39 is 4.92 Å². The van der Waals surface area contributed by atoms with E-state index in [1.54, 1.807) is 24.3 Å². The van der Waals surface area contributed by atoms with Gasteiger partial charge >= 0.3 is 5.69 Å². The molecule has 0 fully saturated rings. The van der Waals surface area contributed by atoms with Gasteiger partial charge in [-0.3, -0.25) is 15.2 Å². The van der Waals surface area contributed by atoms with Crippen molar-refractivity contribution >= 4 is 24.1 Å². The van der Waals surface area contributed by atoms with E-state index in [9.17, 15) is 10.1 Å².